The van der Waals surface area contributed by atoms with E-state index >= 15 is 0 Å². The molecule has 1 saturated heterocycles. The molecule has 2 rings (SSSR count). The number of nitrogens with zero attached hydrogens (tertiary/aromatic N) is 2. The van der Waals surface area contributed by atoms with E-state index in [9.17, 15) is 9.59 Å². The van der Waals surface area contributed by atoms with E-state index in [-0.39, 0.29) is 24.2 Å². The van der Waals surface area contributed by atoms with E-state index in [1.54, 1.807) is 18.2 Å². The van der Waals surface area contributed by atoms with Crippen molar-refractivity contribution in [2.75, 3.05) is 38.6 Å². The molecule has 5 nitrogen and oxygen atoms in total. The van der Waals surface area contributed by atoms with Crippen molar-refractivity contribution in [1.82, 2.24) is 10.2 Å². The summed E-state index contributed by atoms with van der Waals surface area (Å²) in [5.74, 6) is -0.592. The molecule has 2 amide bonds. The number of benzene rings is 1. The highest BCUT2D eigenvalue weighted by Crippen LogP contribution is 2.37. The van der Waals surface area contributed by atoms with Crippen LogP contribution in [0.5, 0.6) is 0 Å². The average Bonchev–Trinajstić information content (AvgIpc) is 2.85. The summed E-state index contributed by atoms with van der Waals surface area (Å²) in [6.07, 6.45) is 1.06. The third-order valence-electron chi connectivity index (χ3n) is 3.78. The molecular weight excluding hydrogens is 337 g/mol. The Bertz CT molecular complexity index is 572. The predicted octanol–water partition coefficient (Wildman–Crippen LogP) is 2.41. The molecule has 1 N–H and O–H groups in total. The van der Waals surface area contributed by atoms with Crippen LogP contribution < -0.4 is 10.2 Å². The van der Waals surface area contributed by atoms with Gasteiger partial charge >= 0.3 is 0 Å². The summed E-state index contributed by atoms with van der Waals surface area (Å²) < 4.78 is 0. The van der Waals surface area contributed by atoms with Crippen molar-refractivity contribution in [3.8, 4) is 0 Å². The number of anilines is 1. The fourth-order valence-electron chi connectivity index (χ4n) is 2.60. The van der Waals surface area contributed by atoms with Crippen LogP contribution in [0.15, 0.2) is 18.2 Å². The number of amides is 2. The Kier molecular flexibility index (Phi) is 6.27. The van der Waals surface area contributed by atoms with Crippen molar-refractivity contribution in [3.63, 3.8) is 0 Å². The lowest BCUT2D eigenvalue weighted by Crippen LogP contribution is -2.34. The second kappa shape index (κ2) is 7.99. The molecule has 1 atom stereocenters. The molecule has 0 aromatic heterocycles. The van der Waals surface area contributed by atoms with Gasteiger partial charge in [-0.2, -0.15) is 0 Å². The molecule has 0 bridgehead atoms. The highest BCUT2D eigenvalue weighted by molar-refractivity contribution is 6.40. The molecule has 0 radical (unpaired) electrons. The van der Waals surface area contributed by atoms with E-state index in [4.69, 9.17) is 23.2 Å². The Morgan fingerprint density at radius 3 is 2.61 bits per heavy atom. The molecule has 7 heteroatoms. The number of carbonyl (C=O) groups is 2. The predicted molar refractivity (Wildman–Crippen MR) is 93.1 cm³/mol. The molecule has 0 spiro atoms. The largest absolute Gasteiger partial charge is 0.356 e. The summed E-state index contributed by atoms with van der Waals surface area (Å²) >= 11 is 12.3. The van der Waals surface area contributed by atoms with Crippen LogP contribution in [0.2, 0.25) is 10.0 Å². The summed E-state index contributed by atoms with van der Waals surface area (Å²) in [6, 6.07) is 5.10. The van der Waals surface area contributed by atoms with Gasteiger partial charge in [-0.05, 0) is 39.2 Å². The highest BCUT2D eigenvalue weighted by Gasteiger charge is 2.36. The SMILES string of the molecule is CN(C)CCCNC(=O)C1CC(=O)N(c2c(Cl)cccc2Cl)C1. The topological polar surface area (TPSA) is 52.7 Å². The Labute approximate surface area is 146 Å². The fourth-order valence-corrected chi connectivity index (χ4v) is 3.20. The first-order valence-corrected chi connectivity index (χ1v) is 8.32. The summed E-state index contributed by atoms with van der Waals surface area (Å²) in [6.45, 7) is 1.82. The van der Waals surface area contributed by atoms with Gasteiger partial charge in [-0.1, -0.05) is 29.3 Å². The van der Waals surface area contributed by atoms with Crippen LogP contribution in [-0.4, -0.2) is 50.4 Å². The van der Waals surface area contributed by atoms with Crippen molar-refractivity contribution in [2.45, 2.75) is 12.8 Å². The lowest BCUT2D eigenvalue weighted by molar-refractivity contribution is -0.126. The van der Waals surface area contributed by atoms with Gasteiger partial charge in [0, 0.05) is 19.5 Å². The van der Waals surface area contributed by atoms with E-state index < -0.39 is 0 Å². The zero-order valence-electron chi connectivity index (χ0n) is 13.3. The van der Waals surface area contributed by atoms with Gasteiger partial charge in [0.1, 0.15) is 0 Å². The second-order valence-corrected chi connectivity index (χ2v) is 6.74. The normalized spacial score (nSPS) is 17.9. The van der Waals surface area contributed by atoms with E-state index in [0.29, 0.717) is 28.8 Å². The first-order chi connectivity index (χ1) is 10.9. The monoisotopic (exact) mass is 357 g/mol. The molecule has 23 heavy (non-hydrogen) atoms. The Hall–Kier alpha value is -1.30. The van der Waals surface area contributed by atoms with E-state index in [0.717, 1.165) is 13.0 Å². The van der Waals surface area contributed by atoms with Crippen molar-refractivity contribution in [3.05, 3.63) is 28.2 Å². The summed E-state index contributed by atoms with van der Waals surface area (Å²) in [5, 5.41) is 3.72. The van der Waals surface area contributed by atoms with Gasteiger partial charge in [-0.25, -0.2) is 0 Å². The van der Waals surface area contributed by atoms with Gasteiger partial charge in [0.25, 0.3) is 0 Å². The van der Waals surface area contributed by atoms with Gasteiger partial charge in [0.15, 0.2) is 0 Å². The standard InChI is InChI=1S/C16H21Cl2N3O2/c1-20(2)8-4-7-19-16(23)11-9-14(22)21(10-11)15-12(17)5-3-6-13(15)18/h3,5-6,11H,4,7-10H2,1-2H3,(H,19,23). The van der Waals surface area contributed by atoms with Crippen LogP contribution in [0.3, 0.4) is 0 Å². The molecule has 1 aromatic rings. The molecule has 1 unspecified atom stereocenters. The van der Waals surface area contributed by atoms with Gasteiger partial charge in [-0.3, -0.25) is 9.59 Å². The van der Waals surface area contributed by atoms with E-state index in [1.807, 2.05) is 14.1 Å². The number of para-hydroxylation sites is 1. The minimum Gasteiger partial charge on any atom is -0.356 e. The molecule has 1 aromatic carbocycles. The third kappa shape index (κ3) is 4.59. The molecular formula is C16H21Cl2N3O2. The Morgan fingerprint density at radius 1 is 1.35 bits per heavy atom. The summed E-state index contributed by atoms with van der Waals surface area (Å²) in [5.41, 5.74) is 0.490. The van der Waals surface area contributed by atoms with Crippen molar-refractivity contribution in [1.29, 1.82) is 0 Å². The molecule has 126 valence electrons. The maximum atomic E-state index is 12.2. The number of hydrogen-bond acceptors (Lipinski definition) is 3. The number of halogens is 2. The van der Waals surface area contributed by atoms with E-state index in [1.165, 1.54) is 4.90 Å². The summed E-state index contributed by atoms with van der Waals surface area (Å²) in [4.78, 5) is 28.0. The van der Waals surface area contributed by atoms with Crippen molar-refractivity contribution >= 4 is 40.7 Å². The quantitative estimate of drug-likeness (QED) is 0.795. The molecule has 0 saturated carbocycles. The first kappa shape index (κ1) is 18.0. The Morgan fingerprint density at radius 2 is 2.00 bits per heavy atom. The van der Waals surface area contributed by atoms with Crippen LogP contribution in [0, 0.1) is 5.92 Å². The van der Waals surface area contributed by atoms with Crippen LogP contribution in [-0.2, 0) is 9.59 Å². The van der Waals surface area contributed by atoms with Gasteiger partial charge in [0.2, 0.25) is 11.8 Å². The minimum atomic E-state index is -0.366. The van der Waals surface area contributed by atoms with Crippen LogP contribution in [0.4, 0.5) is 5.69 Å². The van der Waals surface area contributed by atoms with Crippen molar-refractivity contribution in [2.24, 2.45) is 5.92 Å². The van der Waals surface area contributed by atoms with Crippen LogP contribution >= 0.6 is 23.2 Å². The van der Waals surface area contributed by atoms with Crippen LogP contribution in [0.1, 0.15) is 12.8 Å². The minimum absolute atomic E-state index is 0.0946. The second-order valence-electron chi connectivity index (χ2n) is 5.92. The number of rotatable bonds is 6. The molecule has 1 fully saturated rings. The fraction of sp³-hybridized carbons (Fsp3) is 0.500. The molecule has 1 aliphatic heterocycles. The summed E-state index contributed by atoms with van der Waals surface area (Å²) in [7, 11) is 3.98. The van der Waals surface area contributed by atoms with Gasteiger partial charge < -0.3 is 15.1 Å². The van der Waals surface area contributed by atoms with Gasteiger partial charge in [0.05, 0.1) is 21.7 Å². The lowest BCUT2D eigenvalue weighted by atomic mass is 10.1. The average molecular weight is 358 g/mol. The number of nitrogens with one attached hydrogen (secondary N) is 1. The Balaban J connectivity index is 1.96. The third-order valence-corrected chi connectivity index (χ3v) is 4.39. The molecule has 1 heterocycles. The van der Waals surface area contributed by atoms with Crippen molar-refractivity contribution < 1.29 is 9.59 Å². The first-order valence-electron chi connectivity index (χ1n) is 7.57. The number of hydrogen-bond donors (Lipinski definition) is 1. The zero-order chi connectivity index (χ0) is 17.0. The van der Waals surface area contributed by atoms with E-state index in [2.05, 4.69) is 10.2 Å². The smallest absolute Gasteiger partial charge is 0.227 e. The maximum absolute atomic E-state index is 12.2. The zero-order valence-corrected chi connectivity index (χ0v) is 14.8. The molecule has 1 aliphatic rings. The lowest BCUT2D eigenvalue weighted by Gasteiger charge is -2.19. The maximum Gasteiger partial charge on any atom is 0.227 e. The van der Waals surface area contributed by atoms with Gasteiger partial charge in [-0.15, -0.1) is 0 Å². The van der Waals surface area contributed by atoms with Crippen LogP contribution in [0.25, 0.3) is 0 Å². The molecule has 0 aliphatic carbocycles. The highest BCUT2D eigenvalue weighted by atomic mass is 35.5. The number of carbonyl (C=O) groups excluding carboxylic acids is 2.